The maximum atomic E-state index is 15.2. The van der Waals surface area contributed by atoms with Gasteiger partial charge in [0.15, 0.2) is 17.4 Å². The third-order valence-corrected chi connectivity index (χ3v) is 13.3. The first-order valence-electron chi connectivity index (χ1n) is 20.6. The standard InChI is InChI=1S/C42H50F2N10O5/c1-41(2)24-49(20-26-10-12-50(13-11-26)28-7-6-27-21-52(39(58)30(27)18-28)33-8-9-35(55)46-38(33)57)14-16-54(41)40(59)51-15-17-53-34-19-32(29-4-3-5-31(44)36(29)56)47-48-37(34)45-23-42(53,22-43)25-51/h3-7,18-19,26,33,56H,8-17,20-25H2,1-2H3,(H,45,48)(H,46,55,57)/t33-,42-/m0/s1. The number of urea groups is 1. The highest BCUT2D eigenvalue weighted by atomic mass is 19.1. The first kappa shape index (κ1) is 38.9. The van der Waals surface area contributed by atoms with Crippen LogP contribution in [0.15, 0.2) is 42.5 Å². The number of halogens is 2. The van der Waals surface area contributed by atoms with Gasteiger partial charge >= 0.3 is 6.03 Å². The van der Waals surface area contributed by atoms with Crippen LogP contribution in [-0.4, -0.2) is 148 Å². The predicted octanol–water partition coefficient (Wildman–Crippen LogP) is 3.44. The lowest BCUT2D eigenvalue weighted by Gasteiger charge is -2.55. The molecule has 3 N–H and O–H groups in total. The highest BCUT2D eigenvalue weighted by Crippen LogP contribution is 2.41. The summed E-state index contributed by atoms with van der Waals surface area (Å²) in [6.45, 7) is 9.65. The Hall–Kier alpha value is -5.58. The zero-order valence-corrected chi connectivity index (χ0v) is 33.4. The monoisotopic (exact) mass is 812 g/mol. The molecule has 0 saturated carbocycles. The molecular formula is C42H50F2N10O5. The number of para-hydroxylation sites is 1. The molecule has 15 nitrogen and oxygen atoms in total. The third-order valence-electron chi connectivity index (χ3n) is 13.3. The molecule has 7 heterocycles. The molecule has 0 unspecified atom stereocenters. The van der Waals surface area contributed by atoms with Crippen molar-refractivity contribution in [3.63, 3.8) is 0 Å². The highest BCUT2D eigenvalue weighted by molar-refractivity contribution is 6.05. The summed E-state index contributed by atoms with van der Waals surface area (Å²) in [5, 5.41) is 24.4. The van der Waals surface area contributed by atoms with Gasteiger partial charge in [-0.25, -0.2) is 13.6 Å². The van der Waals surface area contributed by atoms with Crippen molar-refractivity contribution in [2.45, 2.75) is 63.2 Å². The fourth-order valence-electron chi connectivity index (χ4n) is 10.1. The van der Waals surface area contributed by atoms with Crippen molar-refractivity contribution in [1.29, 1.82) is 0 Å². The molecular weight excluding hydrogens is 763 g/mol. The van der Waals surface area contributed by atoms with Crippen molar-refractivity contribution in [3.8, 4) is 17.0 Å². The van der Waals surface area contributed by atoms with E-state index in [0.717, 1.165) is 56.3 Å². The number of carbonyl (C=O) groups is 4. The van der Waals surface area contributed by atoms with E-state index < -0.39 is 41.3 Å². The van der Waals surface area contributed by atoms with Crippen molar-refractivity contribution in [2.75, 3.05) is 87.2 Å². The quantitative estimate of drug-likeness (QED) is 0.314. The number of anilines is 3. The lowest BCUT2D eigenvalue weighted by atomic mass is 9.91. The third kappa shape index (κ3) is 6.96. The average molecular weight is 813 g/mol. The molecule has 1 aromatic heterocycles. The Labute approximate surface area is 341 Å². The van der Waals surface area contributed by atoms with Crippen LogP contribution in [-0.2, 0) is 16.1 Å². The Kier molecular flexibility index (Phi) is 9.83. The summed E-state index contributed by atoms with van der Waals surface area (Å²) in [5.74, 6) is -1.22. The number of piperazine rings is 2. The smallest absolute Gasteiger partial charge is 0.320 e. The first-order chi connectivity index (χ1) is 28.3. The summed E-state index contributed by atoms with van der Waals surface area (Å²) >= 11 is 0. The Bertz CT molecular complexity index is 2200. The van der Waals surface area contributed by atoms with Crippen LogP contribution in [0, 0.1) is 11.7 Å². The van der Waals surface area contributed by atoms with E-state index in [1.165, 1.54) is 6.07 Å². The molecule has 6 aliphatic heterocycles. The summed E-state index contributed by atoms with van der Waals surface area (Å²) in [7, 11) is 0. The summed E-state index contributed by atoms with van der Waals surface area (Å²) in [6.07, 6.45) is 2.56. The number of carbonyl (C=O) groups excluding carboxylic acids is 4. The maximum Gasteiger partial charge on any atom is 0.320 e. The second kappa shape index (κ2) is 14.9. The van der Waals surface area contributed by atoms with Gasteiger partial charge in [0.25, 0.3) is 5.91 Å². The van der Waals surface area contributed by atoms with E-state index in [0.29, 0.717) is 62.1 Å². The minimum atomic E-state index is -1.04. The predicted molar refractivity (Wildman–Crippen MR) is 215 cm³/mol. The topological polar surface area (TPSA) is 158 Å². The zero-order valence-electron chi connectivity index (χ0n) is 33.4. The number of amides is 5. The fourth-order valence-corrected chi connectivity index (χ4v) is 10.1. The van der Waals surface area contributed by atoms with E-state index in [1.807, 2.05) is 21.9 Å². The first-order valence-corrected chi connectivity index (χ1v) is 20.6. The van der Waals surface area contributed by atoms with E-state index in [-0.39, 0.29) is 48.6 Å². The molecule has 6 aliphatic rings. The molecule has 3 aromatic rings. The number of imide groups is 1. The van der Waals surface area contributed by atoms with Gasteiger partial charge in [0, 0.05) is 95.2 Å². The number of hydrogen-bond donors (Lipinski definition) is 3. The van der Waals surface area contributed by atoms with Crippen LogP contribution in [0.2, 0.25) is 0 Å². The van der Waals surface area contributed by atoms with E-state index >= 15 is 4.39 Å². The van der Waals surface area contributed by atoms with Crippen LogP contribution in [0.5, 0.6) is 5.75 Å². The number of fused-ring (bicyclic) bond motifs is 4. The van der Waals surface area contributed by atoms with Crippen LogP contribution in [0.4, 0.5) is 30.8 Å². The van der Waals surface area contributed by atoms with E-state index in [2.05, 4.69) is 50.5 Å². The number of rotatable bonds is 6. The Morgan fingerprint density at radius 2 is 1.76 bits per heavy atom. The summed E-state index contributed by atoms with van der Waals surface area (Å²) in [6, 6.07) is 11.1. The molecule has 0 spiro atoms. The molecule has 17 heteroatoms. The van der Waals surface area contributed by atoms with Gasteiger partial charge in [-0.1, -0.05) is 12.1 Å². The lowest BCUT2D eigenvalue weighted by molar-refractivity contribution is -0.136. The number of aromatic hydroxyl groups is 1. The Morgan fingerprint density at radius 3 is 2.53 bits per heavy atom. The molecule has 4 fully saturated rings. The number of alkyl halides is 1. The van der Waals surface area contributed by atoms with Crippen molar-refractivity contribution < 1.29 is 33.1 Å². The zero-order chi connectivity index (χ0) is 41.2. The normalized spacial score (nSPS) is 24.7. The molecule has 5 amide bonds. The number of phenols is 1. The van der Waals surface area contributed by atoms with Gasteiger partial charge in [0.2, 0.25) is 11.8 Å². The van der Waals surface area contributed by atoms with Crippen molar-refractivity contribution in [1.82, 2.24) is 35.1 Å². The van der Waals surface area contributed by atoms with Gasteiger partial charge in [-0.15, -0.1) is 10.2 Å². The summed E-state index contributed by atoms with van der Waals surface area (Å²) < 4.78 is 29.4. The van der Waals surface area contributed by atoms with Gasteiger partial charge in [-0.05, 0) is 74.9 Å². The number of phenolic OH excluding ortho intramolecular Hbond substituents is 1. The Morgan fingerprint density at radius 1 is 0.949 bits per heavy atom. The molecule has 2 aromatic carbocycles. The summed E-state index contributed by atoms with van der Waals surface area (Å²) in [5.41, 5.74) is 2.07. The number of nitrogens with zero attached hydrogens (tertiary/aromatic N) is 8. The molecule has 9 rings (SSSR count). The number of hydrogen-bond acceptors (Lipinski definition) is 11. The van der Waals surface area contributed by atoms with Crippen LogP contribution < -0.4 is 20.4 Å². The average Bonchev–Trinajstić information content (AvgIpc) is 3.55. The second-order valence-corrected chi connectivity index (χ2v) is 17.5. The fraction of sp³-hybridized carbons (Fsp3) is 0.524. The van der Waals surface area contributed by atoms with Crippen molar-refractivity contribution in [2.24, 2.45) is 5.92 Å². The van der Waals surface area contributed by atoms with E-state index in [4.69, 9.17) is 0 Å². The highest BCUT2D eigenvalue weighted by Gasteiger charge is 2.49. The number of benzene rings is 2. The molecule has 0 bridgehead atoms. The molecule has 4 saturated heterocycles. The number of aromatic nitrogens is 2. The van der Waals surface area contributed by atoms with Crippen LogP contribution in [0.3, 0.4) is 0 Å². The number of nitrogens with one attached hydrogen (secondary N) is 2. The van der Waals surface area contributed by atoms with Crippen molar-refractivity contribution >= 4 is 40.9 Å². The molecule has 312 valence electrons. The van der Waals surface area contributed by atoms with E-state index in [1.54, 1.807) is 21.9 Å². The van der Waals surface area contributed by atoms with Gasteiger partial charge < -0.3 is 34.9 Å². The second-order valence-electron chi connectivity index (χ2n) is 17.5. The molecule has 59 heavy (non-hydrogen) atoms. The van der Waals surface area contributed by atoms with Crippen molar-refractivity contribution in [3.05, 3.63) is 59.4 Å². The summed E-state index contributed by atoms with van der Waals surface area (Å²) in [4.78, 5) is 63.8. The van der Waals surface area contributed by atoms with Crippen LogP contribution in [0.1, 0.15) is 55.5 Å². The molecule has 2 atom stereocenters. The van der Waals surface area contributed by atoms with Gasteiger partial charge in [-0.3, -0.25) is 24.6 Å². The maximum absolute atomic E-state index is 15.2. The SMILES string of the molecule is CC1(C)CN(CC2CCN(c3ccc4c(c3)C(=O)N([C@H]3CCC(=O)NC3=O)C4)CC2)CCN1C(=O)N1CCN2c3cc(-c4cccc(F)c4O)nnc3NC[C@@]2(CF)C1. The molecule has 0 radical (unpaired) electrons. The minimum absolute atomic E-state index is 0.104. The van der Waals surface area contributed by atoms with Gasteiger partial charge in [0.1, 0.15) is 18.3 Å². The van der Waals surface area contributed by atoms with Crippen LogP contribution >= 0.6 is 0 Å². The Balaban J connectivity index is 0.792. The number of piperidine rings is 2. The van der Waals surface area contributed by atoms with E-state index in [9.17, 15) is 28.7 Å². The largest absolute Gasteiger partial charge is 0.504 e. The van der Waals surface area contributed by atoms with Crippen LogP contribution in [0.25, 0.3) is 11.3 Å². The van der Waals surface area contributed by atoms with Gasteiger partial charge in [0.05, 0.1) is 16.9 Å². The lowest BCUT2D eigenvalue weighted by Crippen LogP contribution is -2.72. The minimum Gasteiger partial charge on any atom is -0.504 e. The molecule has 0 aliphatic carbocycles. The van der Waals surface area contributed by atoms with Gasteiger partial charge in [-0.2, -0.15) is 0 Å².